The van der Waals surface area contributed by atoms with E-state index in [2.05, 4.69) is 0 Å². The fraction of sp³-hybridized carbons (Fsp3) is 0.625. The number of hydrogen-bond donors (Lipinski definition) is 1. The van der Waals surface area contributed by atoms with Crippen molar-refractivity contribution in [3.63, 3.8) is 0 Å². The summed E-state index contributed by atoms with van der Waals surface area (Å²) in [5.41, 5.74) is -0.644. The molecule has 0 amide bonds. The van der Waals surface area contributed by atoms with Crippen molar-refractivity contribution >= 4 is 0 Å². The molecule has 1 N–H and O–H groups in total. The monoisotopic (exact) mass is 269 g/mol. The van der Waals surface area contributed by atoms with Crippen LogP contribution in [0.1, 0.15) is 39.5 Å². The van der Waals surface area contributed by atoms with Gasteiger partial charge in [-0.15, -0.1) is 0 Å². The van der Waals surface area contributed by atoms with Crippen LogP contribution in [0.3, 0.4) is 0 Å². The zero-order valence-corrected chi connectivity index (χ0v) is 11.2. The van der Waals surface area contributed by atoms with Crippen LogP contribution < -0.4 is 4.74 Å². The van der Waals surface area contributed by atoms with Crippen molar-refractivity contribution in [1.29, 1.82) is 0 Å². The van der Waals surface area contributed by atoms with E-state index >= 15 is 0 Å². The van der Waals surface area contributed by atoms with Gasteiger partial charge in [0.05, 0.1) is 12.7 Å². The minimum atomic E-state index is -2.75. The van der Waals surface area contributed by atoms with Gasteiger partial charge < -0.3 is 14.7 Å². The Hall–Kier alpha value is -1.06. The summed E-state index contributed by atoms with van der Waals surface area (Å²) >= 11 is 0. The fourth-order valence-corrected chi connectivity index (χ4v) is 2.96. The van der Waals surface area contributed by atoms with E-state index < -0.39 is 25.5 Å². The Labute approximate surface area is 124 Å². The number of benzene rings is 1. The molecule has 0 spiro atoms. The molecule has 1 fully saturated rings. The first-order valence-corrected chi connectivity index (χ1v) is 6.63. The molecule has 19 heavy (non-hydrogen) atoms. The van der Waals surface area contributed by atoms with Crippen molar-refractivity contribution in [2.75, 3.05) is 27.6 Å². The summed E-state index contributed by atoms with van der Waals surface area (Å²) in [5, 5.41) is 11.4. The Kier molecular flexibility index (Phi) is 2.58. The molecule has 1 saturated carbocycles. The van der Waals surface area contributed by atoms with E-state index in [-0.39, 0.29) is 6.54 Å². The summed E-state index contributed by atoms with van der Waals surface area (Å²) in [6.07, 6.45) is 2.65. The smallest absolute Gasteiger partial charge is 0.119 e. The first-order valence-electron chi connectivity index (χ1n) is 9.63. The van der Waals surface area contributed by atoms with Crippen molar-refractivity contribution in [1.82, 2.24) is 4.90 Å². The number of nitrogens with zero attached hydrogens (tertiary/aromatic N) is 1. The minimum absolute atomic E-state index is 0.222. The van der Waals surface area contributed by atoms with Crippen LogP contribution in [0.25, 0.3) is 0 Å². The minimum Gasteiger partial charge on any atom is -0.497 e. The lowest BCUT2D eigenvalue weighted by atomic mass is 9.71. The summed E-state index contributed by atoms with van der Waals surface area (Å²) < 4.78 is 50.6. The van der Waals surface area contributed by atoms with Crippen LogP contribution in [-0.4, -0.2) is 37.6 Å². The molecular weight excluding hydrogens is 238 g/mol. The second kappa shape index (κ2) is 5.93. The Morgan fingerprint density at radius 2 is 2.32 bits per heavy atom. The maximum absolute atomic E-state index is 11.4. The van der Waals surface area contributed by atoms with Gasteiger partial charge in [0.2, 0.25) is 0 Å². The summed E-state index contributed by atoms with van der Waals surface area (Å²) in [5.74, 6) is 0.105. The van der Waals surface area contributed by atoms with Crippen molar-refractivity contribution in [2.45, 2.75) is 31.3 Å². The van der Waals surface area contributed by atoms with Gasteiger partial charge >= 0.3 is 0 Å². The van der Waals surface area contributed by atoms with Crippen LogP contribution in [-0.2, 0) is 5.60 Å². The fourth-order valence-electron chi connectivity index (χ4n) is 2.96. The average Bonchev–Trinajstić information content (AvgIpc) is 2.51. The van der Waals surface area contributed by atoms with Crippen LogP contribution in [0.2, 0.25) is 0 Å². The molecule has 1 aliphatic carbocycles. The highest BCUT2D eigenvalue weighted by atomic mass is 16.5. The van der Waals surface area contributed by atoms with Crippen LogP contribution in [0.4, 0.5) is 0 Å². The summed E-state index contributed by atoms with van der Waals surface area (Å²) in [7, 11) is 1.53. The van der Waals surface area contributed by atoms with Gasteiger partial charge in [-0.05, 0) is 44.5 Å². The molecule has 0 bridgehead atoms. The van der Waals surface area contributed by atoms with Crippen molar-refractivity contribution < 1.29 is 18.1 Å². The lowest BCUT2D eigenvalue weighted by molar-refractivity contribution is -0.0619. The summed E-state index contributed by atoms with van der Waals surface area (Å²) in [6.45, 7) is -5.73. The van der Waals surface area contributed by atoms with E-state index in [1.807, 2.05) is 0 Å². The number of rotatable bonds is 4. The van der Waals surface area contributed by atoms with Gasteiger partial charge in [-0.25, -0.2) is 0 Å². The molecule has 0 saturated heterocycles. The maximum Gasteiger partial charge on any atom is 0.119 e. The quantitative estimate of drug-likeness (QED) is 0.912. The molecule has 3 nitrogen and oxygen atoms in total. The maximum atomic E-state index is 11.4. The van der Waals surface area contributed by atoms with Gasteiger partial charge in [0.25, 0.3) is 0 Å². The Morgan fingerprint density at radius 3 is 3.05 bits per heavy atom. The van der Waals surface area contributed by atoms with Gasteiger partial charge in [-0.2, -0.15) is 0 Å². The number of methoxy groups -OCH3 is 1. The van der Waals surface area contributed by atoms with Crippen molar-refractivity contribution in [2.24, 2.45) is 5.92 Å². The first-order chi connectivity index (χ1) is 11.5. The van der Waals surface area contributed by atoms with E-state index in [1.165, 1.54) is 7.11 Å². The van der Waals surface area contributed by atoms with E-state index in [1.54, 1.807) is 24.3 Å². The summed E-state index contributed by atoms with van der Waals surface area (Å²) in [4.78, 5) is 0.543. The molecular formula is C16H25NO2. The Morgan fingerprint density at radius 1 is 1.47 bits per heavy atom. The van der Waals surface area contributed by atoms with Crippen LogP contribution in [0, 0.1) is 5.92 Å². The van der Waals surface area contributed by atoms with Crippen molar-refractivity contribution in [3.8, 4) is 5.75 Å². The van der Waals surface area contributed by atoms with E-state index in [4.69, 9.17) is 13.0 Å². The first kappa shape index (κ1) is 8.28. The number of aliphatic hydroxyl groups is 1. The van der Waals surface area contributed by atoms with E-state index in [0.717, 1.165) is 12.8 Å². The molecule has 3 heteroatoms. The predicted molar refractivity (Wildman–Crippen MR) is 77.4 cm³/mol. The average molecular weight is 269 g/mol. The normalized spacial score (nSPS) is 33.5. The molecule has 1 aliphatic rings. The van der Waals surface area contributed by atoms with Crippen LogP contribution >= 0.6 is 0 Å². The second-order valence-corrected chi connectivity index (χ2v) is 5.21. The molecule has 2 unspecified atom stereocenters. The lowest BCUT2D eigenvalue weighted by Crippen LogP contribution is -2.43. The standard InChI is InChI=1S/C16H25NO2/c1-17(2)12-14-7-4-5-10-16(14,18)13-8-6-9-15(11-13)19-3/h6,8-9,11,14,18H,4-5,7,10,12H2,1-3H3/i1D3,2D3. The molecule has 1 aromatic rings. The predicted octanol–water partition coefficient (Wildman–Crippen LogP) is 2.63. The molecule has 0 aliphatic heterocycles. The topological polar surface area (TPSA) is 32.7 Å². The Bertz CT molecular complexity index is 575. The highest BCUT2D eigenvalue weighted by Gasteiger charge is 2.40. The molecule has 2 atom stereocenters. The van der Waals surface area contributed by atoms with Crippen LogP contribution in [0.15, 0.2) is 24.3 Å². The zero-order valence-electron chi connectivity index (χ0n) is 17.2. The molecule has 0 radical (unpaired) electrons. The summed E-state index contributed by atoms with van der Waals surface area (Å²) in [6, 6.07) is 7.04. The van der Waals surface area contributed by atoms with Gasteiger partial charge in [0.15, 0.2) is 0 Å². The van der Waals surface area contributed by atoms with E-state index in [0.29, 0.717) is 29.1 Å². The highest BCUT2D eigenvalue weighted by Crippen LogP contribution is 2.42. The molecule has 0 heterocycles. The molecule has 106 valence electrons. The third-order valence-electron chi connectivity index (χ3n) is 4.01. The number of ether oxygens (including phenoxy) is 1. The molecule has 0 aromatic heterocycles. The van der Waals surface area contributed by atoms with Gasteiger partial charge in [-0.1, -0.05) is 25.0 Å². The largest absolute Gasteiger partial charge is 0.497 e. The van der Waals surface area contributed by atoms with E-state index in [9.17, 15) is 5.11 Å². The van der Waals surface area contributed by atoms with Crippen LogP contribution in [0.5, 0.6) is 5.75 Å². The molecule has 2 rings (SSSR count). The lowest BCUT2D eigenvalue weighted by Gasteiger charge is -2.41. The van der Waals surface area contributed by atoms with Gasteiger partial charge in [-0.3, -0.25) is 0 Å². The highest BCUT2D eigenvalue weighted by molar-refractivity contribution is 5.33. The second-order valence-electron chi connectivity index (χ2n) is 5.21. The zero-order chi connectivity index (χ0) is 18.9. The van der Waals surface area contributed by atoms with Gasteiger partial charge in [0.1, 0.15) is 5.75 Å². The third-order valence-corrected chi connectivity index (χ3v) is 4.01. The number of hydrogen-bond acceptors (Lipinski definition) is 3. The third kappa shape index (κ3) is 3.10. The molecule has 1 aromatic carbocycles. The van der Waals surface area contributed by atoms with Gasteiger partial charge in [0, 0.05) is 20.7 Å². The van der Waals surface area contributed by atoms with Crippen molar-refractivity contribution in [3.05, 3.63) is 29.8 Å². The SMILES string of the molecule is [2H]C([2H])([2H])N(CC1CCCCC1(O)c1cccc(OC)c1)C([2H])([2H])[2H]. The Balaban J connectivity index is 2.36.